The summed E-state index contributed by atoms with van der Waals surface area (Å²) in [5.41, 5.74) is 11.6. The molecule has 2 aliphatic heterocycles. The van der Waals surface area contributed by atoms with E-state index in [1.165, 1.54) is 30.5 Å². The van der Waals surface area contributed by atoms with Crippen molar-refractivity contribution in [1.29, 1.82) is 0 Å². The highest BCUT2D eigenvalue weighted by molar-refractivity contribution is 7.86. The monoisotopic (exact) mass is 1280 g/mol. The van der Waals surface area contributed by atoms with E-state index in [1.54, 1.807) is 36.4 Å². The Bertz CT molecular complexity index is 4430. The smallest absolute Gasteiger partial charge is 0.294 e. The number of H-pyrrole nitrogens is 1. The molecule has 9 N–H and O–H groups in total. The molecule has 4 aromatic carbocycles. The number of amides is 1. The third kappa shape index (κ3) is 15.3. The van der Waals surface area contributed by atoms with Gasteiger partial charge >= 0.3 is 0 Å². The highest BCUT2D eigenvalue weighted by atomic mass is 32.2. The van der Waals surface area contributed by atoms with Crippen LogP contribution >= 0.6 is 0 Å². The maximum atomic E-state index is 13.3. The van der Waals surface area contributed by atoms with Crippen LogP contribution in [0.4, 0.5) is 23.0 Å². The Labute approximate surface area is 510 Å². The minimum atomic E-state index is -4.59. The fourth-order valence-corrected chi connectivity index (χ4v) is 13.3. The standard InChI is InChI=1S/C60H67N9O15S4/c1-59(2)47-34-45(87(78,79)80)22-24-49(47)68(30-5-7-32-85(72,73)74)51(59)26-16-39-10-9-11-40(17-27-52-60(3,4)48-35-46(88(81,82)83)23-25-50(48)69(52)31-6-8-33-86(75,76)77)54(39)84-44-20-12-38(13-21-44)28-29-62-56(70)41-14-18-42(19-15-41)63-36-43-37-64-55-53(65-43)57(71)67-58(61)66-55/h12-27,34-35,37H,5-11,28-33,36H2,1-4H3,(H8-,61,62,63,64,66,67,70,71,72,73,74,75,76,77,78,79,80,81,82,83)/p+1. The van der Waals surface area contributed by atoms with E-state index < -0.39 is 68.4 Å². The number of nitrogens with two attached hydrogens (primary N) is 1. The topological polar surface area (TPSA) is 372 Å². The summed E-state index contributed by atoms with van der Waals surface area (Å²) in [5.74, 6) is -0.243. The molecule has 6 aromatic rings. The molecular formula is C60H68N9O15S4+. The van der Waals surface area contributed by atoms with Crippen LogP contribution in [0.3, 0.4) is 0 Å². The van der Waals surface area contributed by atoms with Crippen molar-refractivity contribution in [2.45, 2.75) is 106 Å². The molecule has 88 heavy (non-hydrogen) atoms. The van der Waals surface area contributed by atoms with Crippen molar-refractivity contribution in [3.8, 4) is 5.75 Å². The Kier molecular flexibility index (Phi) is 18.8. The van der Waals surface area contributed by atoms with Crippen LogP contribution in [0.15, 0.2) is 153 Å². The van der Waals surface area contributed by atoms with E-state index in [2.05, 4.69) is 30.6 Å². The molecule has 0 saturated carbocycles. The molecule has 28 heteroatoms. The molecule has 4 heterocycles. The predicted octanol–water partition coefficient (Wildman–Crippen LogP) is 7.77. The minimum Gasteiger partial charge on any atom is -0.457 e. The molecule has 0 bridgehead atoms. The molecule has 9 rings (SSSR count). The highest BCUT2D eigenvalue weighted by Gasteiger charge is 2.45. The number of hydrogen-bond acceptors (Lipinski definition) is 17. The predicted molar refractivity (Wildman–Crippen MR) is 332 cm³/mol. The molecule has 0 spiro atoms. The summed E-state index contributed by atoms with van der Waals surface area (Å²) >= 11 is 0. The van der Waals surface area contributed by atoms with E-state index in [0.29, 0.717) is 109 Å². The van der Waals surface area contributed by atoms with Crippen LogP contribution in [-0.2, 0) is 64.3 Å². The number of rotatable bonds is 24. The van der Waals surface area contributed by atoms with Crippen LogP contribution < -0.4 is 31.6 Å². The summed E-state index contributed by atoms with van der Waals surface area (Å²) in [6.07, 6.45) is 12.4. The van der Waals surface area contributed by atoms with Gasteiger partial charge in [-0.3, -0.25) is 32.8 Å². The number of ether oxygens (including phenoxy) is 1. The van der Waals surface area contributed by atoms with E-state index in [4.69, 9.17) is 10.5 Å². The number of carbonyl (C=O) groups excluding carboxylic acids is 1. The number of nitrogen functional groups attached to an aromatic ring is 1. The molecule has 466 valence electrons. The van der Waals surface area contributed by atoms with Crippen molar-refractivity contribution >= 4 is 86.3 Å². The maximum Gasteiger partial charge on any atom is 0.294 e. The number of unbranched alkanes of at least 4 members (excludes halogenated alkanes) is 2. The van der Waals surface area contributed by atoms with Gasteiger partial charge in [0.25, 0.3) is 51.9 Å². The summed E-state index contributed by atoms with van der Waals surface area (Å²) in [6, 6.07) is 22.9. The molecule has 1 aliphatic carbocycles. The number of anilines is 3. The van der Waals surface area contributed by atoms with Crippen LogP contribution in [0.25, 0.3) is 11.2 Å². The molecule has 0 fully saturated rings. The van der Waals surface area contributed by atoms with Gasteiger partial charge in [-0.25, -0.2) is 9.97 Å². The van der Waals surface area contributed by atoms with E-state index in [1.807, 2.05) is 85.7 Å². The zero-order valence-corrected chi connectivity index (χ0v) is 51.9. The lowest BCUT2D eigenvalue weighted by atomic mass is 9.81. The van der Waals surface area contributed by atoms with Gasteiger partial charge in [0.2, 0.25) is 11.6 Å². The number of allylic oxidation sites excluding steroid dienone is 7. The molecular weight excluding hydrogens is 1210 g/mol. The minimum absolute atomic E-state index is 0.0591. The molecule has 3 aliphatic rings. The summed E-state index contributed by atoms with van der Waals surface area (Å²) in [6.45, 7) is 8.78. The van der Waals surface area contributed by atoms with Gasteiger partial charge in [0.1, 0.15) is 18.1 Å². The fourth-order valence-electron chi connectivity index (χ4n) is 11.2. The highest BCUT2D eigenvalue weighted by Crippen LogP contribution is 2.49. The molecule has 0 unspecified atom stereocenters. The van der Waals surface area contributed by atoms with Gasteiger partial charge in [-0.1, -0.05) is 32.1 Å². The van der Waals surface area contributed by atoms with Crippen molar-refractivity contribution in [2.24, 2.45) is 0 Å². The number of aromatic nitrogens is 4. The number of nitrogens with one attached hydrogen (secondary N) is 3. The first-order valence-electron chi connectivity index (χ1n) is 28.2. The number of carbonyl (C=O) groups is 1. The Morgan fingerprint density at radius 3 is 2.10 bits per heavy atom. The maximum absolute atomic E-state index is 13.3. The van der Waals surface area contributed by atoms with Gasteiger partial charge in [0.15, 0.2) is 16.9 Å². The average molecular weight is 1280 g/mol. The zero-order valence-electron chi connectivity index (χ0n) is 48.6. The van der Waals surface area contributed by atoms with E-state index in [0.717, 1.165) is 28.1 Å². The van der Waals surface area contributed by atoms with Gasteiger partial charge in [-0.05, 0) is 160 Å². The lowest BCUT2D eigenvalue weighted by molar-refractivity contribution is -0.438. The third-order valence-electron chi connectivity index (χ3n) is 15.7. The van der Waals surface area contributed by atoms with E-state index >= 15 is 0 Å². The lowest BCUT2D eigenvalue weighted by Crippen LogP contribution is -2.28. The van der Waals surface area contributed by atoms with Crippen LogP contribution in [0, 0.1) is 0 Å². The van der Waals surface area contributed by atoms with Crippen molar-refractivity contribution in [3.05, 3.63) is 176 Å². The second-order valence-corrected chi connectivity index (χ2v) is 28.7. The average Bonchev–Trinajstić information content (AvgIpc) is 1.75. The van der Waals surface area contributed by atoms with Gasteiger partial charge in [-0.15, -0.1) is 0 Å². The summed E-state index contributed by atoms with van der Waals surface area (Å²) in [7, 11) is -17.7. The van der Waals surface area contributed by atoms with Crippen LogP contribution in [-0.4, -0.2) is 119 Å². The lowest BCUT2D eigenvalue weighted by Gasteiger charge is -2.27. The van der Waals surface area contributed by atoms with Gasteiger partial charge in [0, 0.05) is 65.3 Å². The van der Waals surface area contributed by atoms with Crippen molar-refractivity contribution in [3.63, 3.8) is 0 Å². The summed E-state index contributed by atoms with van der Waals surface area (Å²) in [5, 5.41) is 6.17. The largest absolute Gasteiger partial charge is 0.457 e. The number of aromatic amines is 1. The Morgan fingerprint density at radius 1 is 0.773 bits per heavy atom. The first-order valence-corrected chi connectivity index (χ1v) is 34.3. The number of fused-ring (bicyclic) bond motifs is 3. The van der Waals surface area contributed by atoms with Crippen molar-refractivity contribution in [1.82, 2.24) is 25.3 Å². The van der Waals surface area contributed by atoms with E-state index in [-0.39, 0.29) is 52.2 Å². The zero-order chi connectivity index (χ0) is 63.6. The molecule has 24 nitrogen and oxygen atoms in total. The third-order valence-corrected chi connectivity index (χ3v) is 19.0. The first-order chi connectivity index (χ1) is 41.4. The normalized spacial score (nSPS) is 16.9. The number of nitrogens with zero attached hydrogens (tertiary/aromatic N) is 5. The molecule has 0 radical (unpaired) electrons. The van der Waals surface area contributed by atoms with Crippen LogP contribution in [0.2, 0.25) is 0 Å². The summed E-state index contributed by atoms with van der Waals surface area (Å²) in [4.78, 5) is 41.9. The van der Waals surface area contributed by atoms with Gasteiger partial charge in [0.05, 0.1) is 45.1 Å². The quantitative estimate of drug-likeness (QED) is 0.0163. The van der Waals surface area contributed by atoms with Crippen LogP contribution in [0.1, 0.15) is 105 Å². The first kappa shape index (κ1) is 64.5. The molecule has 0 atom stereocenters. The van der Waals surface area contributed by atoms with Crippen molar-refractivity contribution < 1.29 is 66.0 Å². The Morgan fingerprint density at radius 2 is 1.43 bits per heavy atom. The molecule has 0 saturated heterocycles. The second-order valence-electron chi connectivity index (χ2n) is 22.7. The van der Waals surface area contributed by atoms with Crippen LogP contribution in [0.5, 0.6) is 5.75 Å². The van der Waals surface area contributed by atoms with E-state index in [9.17, 15) is 61.5 Å². The molecule has 1 amide bonds. The number of hydrogen-bond donors (Lipinski definition) is 8. The molecule has 2 aromatic heterocycles. The van der Waals surface area contributed by atoms with Gasteiger partial charge < -0.3 is 26.0 Å². The number of benzene rings is 4. The Balaban J connectivity index is 0.994. The Hall–Kier alpha value is -7.96. The van der Waals surface area contributed by atoms with Gasteiger partial charge in [-0.2, -0.15) is 43.2 Å². The summed E-state index contributed by atoms with van der Waals surface area (Å²) < 4.78 is 144. The fraction of sp³-hybridized carbons (Fsp3) is 0.333. The van der Waals surface area contributed by atoms with Crippen molar-refractivity contribution in [2.75, 3.05) is 47.1 Å². The SMILES string of the molecule is CC1(C)C(=CC=C2CCCC(C=CC3=[N+](CCCCS(=O)(=O)O)c4ccc(S(=O)(=O)O)cc4C3(C)C)=C2Oc2ccc(CCNC(=O)c3ccc(NCc4cnc5nc(N)[nH]c(=O)c5n4)cc3)cc2)N(CCCCS(=O)(=O)O)c2ccc(S(=O)(=O)O)cc21. The second kappa shape index (κ2) is 25.6.